The van der Waals surface area contributed by atoms with E-state index in [1.54, 1.807) is 7.11 Å². The largest absolute Gasteiger partial charge is 0.385 e. The number of hydrogen-bond acceptors (Lipinski definition) is 3. The zero-order valence-electron chi connectivity index (χ0n) is 8.55. The van der Waals surface area contributed by atoms with E-state index >= 15 is 0 Å². The van der Waals surface area contributed by atoms with Crippen LogP contribution >= 0.6 is 0 Å². The van der Waals surface area contributed by atoms with Gasteiger partial charge in [-0.25, -0.2) is 0 Å². The first kappa shape index (κ1) is 11.0. The third kappa shape index (κ3) is 5.24. The standard InChI is InChI=1S/C10H21NO2/c1-12-8-3-9-13-10-4-2-6-11-7-5-10/h10-11H,2-9H2,1H3. The van der Waals surface area contributed by atoms with E-state index in [4.69, 9.17) is 9.47 Å². The summed E-state index contributed by atoms with van der Waals surface area (Å²) in [6, 6.07) is 0. The third-order valence-electron chi connectivity index (χ3n) is 2.37. The van der Waals surface area contributed by atoms with Crippen LogP contribution in [0.1, 0.15) is 25.7 Å². The summed E-state index contributed by atoms with van der Waals surface area (Å²) in [7, 11) is 1.73. The number of nitrogens with one attached hydrogen (secondary N) is 1. The van der Waals surface area contributed by atoms with Crippen LogP contribution in [0.15, 0.2) is 0 Å². The van der Waals surface area contributed by atoms with Crippen LogP contribution in [0, 0.1) is 0 Å². The summed E-state index contributed by atoms with van der Waals surface area (Å²) in [5.74, 6) is 0. The van der Waals surface area contributed by atoms with Crippen LogP contribution in [0.25, 0.3) is 0 Å². The van der Waals surface area contributed by atoms with E-state index in [9.17, 15) is 0 Å². The van der Waals surface area contributed by atoms with Gasteiger partial charge in [0.1, 0.15) is 0 Å². The smallest absolute Gasteiger partial charge is 0.0587 e. The maximum Gasteiger partial charge on any atom is 0.0587 e. The predicted octanol–water partition coefficient (Wildman–Crippen LogP) is 1.18. The highest BCUT2D eigenvalue weighted by Gasteiger charge is 2.11. The first-order chi connectivity index (χ1) is 6.43. The molecule has 1 heterocycles. The Morgan fingerprint density at radius 2 is 2.15 bits per heavy atom. The Balaban J connectivity index is 1.98. The fourth-order valence-corrected chi connectivity index (χ4v) is 1.61. The number of rotatable bonds is 5. The molecule has 0 saturated carbocycles. The zero-order valence-corrected chi connectivity index (χ0v) is 8.55. The molecule has 0 aromatic rings. The van der Waals surface area contributed by atoms with Crippen molar-refractivity contribution in [3.63, 3.8) is 0 Å². The fraction of sp³-hybridized carbons (Fsp3) is 1.00. The van der Waals surface area contributed by atoms with Gasteiger partial charge in [-0.3, -0.25) is 0 Å². The summed E-state index contributed by atoms with van der Waals surface area (Å²) < 4.78 is 10.7. The molecule has 1 aliphatic rings. The summed E-state index contributed by atoms with van der Waals surface area (Å²) in [6.45, 7) is 3.91. The maximum atomic E-state index is 5.74. The van der Waals surface area contributed by atoms with Crippen LogP contribution in [0.4, 0.5) is 0 Å². The van der Waals surface area contributed by atoms with Crippen molar-refractivity contribution in [2.75, 3.05) is 33.4 Å². The van der Waals surface area contributed by atoms with Gasteiger partial charge in [0.15, 0.2) is 0 Å². The summed E-state index contributed by atoms with van der Waals surface area (Å²) in [5.41, 5.74) is 0. The van der Waals surface area contributed by atoms with Crippen molar-refractivity contribution in [1.82, 2.24) is 5.32 Å². The lowest BCUT2D eigenvalue weighted by molar-refractivity contribution is 0.0329. The summed E-state index contributed by atoms with van der Waals surface area (Å²) in [5, 5.41) is 3.37. The van der Waals surface area contributed by atoms with Crippen LogP contribution in [-0.4, -0.2) is 39.5 Å². The average molecular weight is 187 g/mol. The van der Waals surface area contributed by atoms with Crippen molar-refractivity contribution in [1.29, 1.82) is 0 Å². The van der Waals surface area contributed by atoms with Gasteiger partial charge in [-0.1, -0.05) is 0 Å². The molecule has 1 N–H and O–H groups in total. The van der Waals surface area contributed by atoms with Crippen molar-refractivity contribution in [3.8, 4) is 0 Å². The van der Waals surface area contributed by atoms with Crippen LogP contribution < -0.4 is 5.32 Å². The van der Waals surface area contributed by atoms with Gasteiger partial charge < -0.3 is 14.8 Å². The SMILES string of the molecule is COCCCOC1CCCNCC1. The van der Waals surface area contributed by atoms with E-state index in [1.807, 2.05) is 0 Å². The molecule has 0 bridgehead atoms. The molecule has 0 amide bonds. The molecule has 0 spiro atoms. The molecule has 0 aliphatic carbocycles. The average Bonchev–Trinajstić information content (AvgIpc) is 2.41. The zero-order chi connectivity index (χ0) is 9.36. The molecule has 3 nitrogen and oxygen atoms in total. The second-order valence-electron chi connectivity index (χ2n) is 3.52. The van der Waals surface area contributed by atoms with Crippen molar-refractivity contribution in [2.24, 2.45) is 0 Å². The topological polar surface area (TPSA) is 30.5 Å². The van der Waals surface area contributed by atoms with Crippen molar-refractivity contribution >= 4 is 0 Å². The molecule has 1 rings (SSSR count). The van der Waals surface area contributed by atoms with Gasteiger partial charge in [-0.05, 0) is 38.8 Å². The molecule has 1 atom stereocenters. The van der Waals surface area contributed by atoms with Crippen molar-refractivity contribution < 1.29 is 9.47 Å². The van der Waals surface area contributed by atoms with E-state index in [0.717, 1.165) is 39.1 Å². The Bertz CT molecular complexity index is 111. The Labute approximate surface area is 80.8 Å². The molecular weight excluding hydrogens is 166 g/mol. The molecular formula is C10H21NO2. The lowest BCUT2D eigenvalue weighted by atomic mass is 10.1. The third-order valence-corrected chi connectivity index (χ3v) is 2.37. The first-order valence-corrected chi connectivity index (χ1v) is 5.24. The Morgan fingerprint density at radius 1 is 1.23 bits per heavy atom. The molecule has 0 aromatic carbocycles. The molecule has 0 radical (unpaired) electrons. The summed E-state index contributed by atoms with van der Waals surface area (Å²) in [6.07, 6.45) is 5.11. The lowest BCUT2D eigenvalue weighted by Crippen LogP contribution is -2.17. The molecule has 78 valence electrons. The van der Waals surface area contributed by atoms with Gasteiger partial charge >= 0.3 is 0 Å². The minimum absolute atomic E-state index is 0.479. The summed E-state index contributed by atoms with van der Waals surface area (Å²) >= 11 is 0. The molecule has 0 aromatic heterocycles. The first-order valence-electron chi connectivity index (χ1n) is 5.24. The summed E-state index contributed by atoms with van der Waals surface area (Å²) in [4.78, 5) is 0. The van der Waals surface area contributed by atoms with Gasteiger partial charge in [0.2, 0.25) is 0 Å². The van der Waals surface area contributed by atoms with Gasteiger partial charge in [0, 0.05) is 20.3 Å². The van der Waals surface area contributed by atoms with Gasteiger partial charge in [-0.15, -0.1) is 0 Å². The monoisotopic (exact) mass is 187 g/mol. The number of methoxy groups -OCH3 is 1. The van der Waals surface area contributed by atoms with Gasteiger partial charge in [0.25, 0.3) is 0 Å². The normalized spacial score (nSPS) is 24.2. The van der Waals surface area contributed by atoms with Gasteiger partial charge in [-0.2, -0.15) is 0 Å². The number of hydrogen-bond donors (Lipinski definition) is 1. The Morgan fingerprint density at radius 3 is 3.00 bits per heavy atom. The molecule has 1 saturated heterocycles. The van der Waals surface area contributed by atoms with E-state index in [0.29, 0.717) is 6.10 Å². The molecule has 3 heteroatoms. The van der Waals surface area contributed by atoms with E-state index in [1.165, 1.54) is 12.8 Å². The van der Waals surface area contributed by atoms with Crippen LogP contribution in [0.3, 0.4) is 0 Å². The van der Waals surface area contributed by atoms with Crippen LogP contribution in [0.2, 0.25) is 0 Å². The lowest BCUT2D eigenvalue weighted by Gasteiger charge is -2.14. The Hall–Kier alpha value is -0.120. The fourth-order valence-electron chi connectivity index (χ4n) is 1.61. The molecule has 1 aliphatic heterocycles. The van der Waals surface area contributed by atoms with E-state index in [2.05, 4.69) is 5.32 Å². The molecule has 13 heavy (non-hydrogen) atoms. The van der Waals surface area contributed by atoms with Crippen LogP contribution in [-0.2, 0) is 9.47 Å². The van der Waals surface area contributed by atoms with Crippen LogP contribution in [0.5, 0.6) is 0 Å². The van der Waals surface area contributed by atoms with Crippen molar-refractivity contribution in [3.05, 3.63) is 0 Å². The minimum atomic E-state index is 0.479. The van der Waals surface area contributed by atoms with E-state index in [-0.39, 0.29) is 0 Å². The predicted molar refractivity (Wildman–Crippen MR) is 53.0 cm³/mol. The molecule has 1 fully saturated rings. The maximum absolute atomic E-state index is 5.74. The quantitative estimate of drug-likeness (QED) is 0.656. The highest BCUT2D eigenvalue weighted by atomic mass is 16.5. The highest BCUT2D eigenvalue weighted by molar-refractivity contribution is 4.66. The second-order valence-corrected chi connectivity index (χ2v) is 3.52. The Kier molecular flexibility index (Phi) is 6.15. The molecule has 1 unspecified atom stereocenters. The van der Waals surface area contributed by atoms with Crippen molar-refractivity contribution in [2.45, 2.75) is 31.8 Å². The number of ether oxygens (including phenoxy) is 2. The second kappa shape index (κ2) is 7.30. The van der Waals surface area contributed by atoms with Gasteiger partial charge in [0.05, 0.1) is 6.10 Å². The van der Waals surface area contributed by atoms with E-state index < -0.39 is 0 Å². The highest BCUT2D eigenvalue weighted by Crippen LogP contribution is 2.09. The minimum Gasteiger partial charge on any atom is -0.385 e.